The van der Waals surface area contributed by atoms with Crippen LogP contribution in [0.1, 0.15) is 11.1 Å². The number of pyridine rings is 1. The summed E-state index contributed by atoms with van der Waals surface area (Å²) >= 11 is 12.7. The smallest absolute Gasteiger partial charge is 0.264 e. The highest BCUT2D eigenvalue weighted by Crippen LogP contribution is 2.36. The molecule has 172 valence electrons. The van der Waals surface area contributed by atoms with E-state index in [0.717, 1.165) is 22.3 Å². The first kappa shape index (κ1) is 23.6. The summed E-state index contributed by atoms with van der Waals surface area (Å²) in [7, 11) is -0.994. The van der Waals surface area contributed by atoms with Gasteiger partial charge >= 0.3 is 0 Å². The Kier molecular flexibility index (Phi) is 6.67. The van der Waals surface area contributed by atoms with Gasteiger partial charge in [0.1, 0.15) is 15.0 Å². The van der Waals surface area contributed by atoms with Crippen molar-refractivity contribution in [2.75, 3.05) is 18.9 Å². The number of benzene rings is 2. The summed E-state index contributed by atoms with van der Waals surface area (Å²) in [5.41, 5.74) is 2.06. The van der Waals surface area contributed by atoms with Crippen LogP contribution in [0.25, 0.3) is 10.9 Å². The summed E-state index contributed by atoms with van der Waals surface area (Å²) in [6.07, 6.45) is 2.06. The zero-order valence-corrected chi connectivity index (χ0v) is 20.5. The molecular formula is C22H17Cl2FN2O4S2. The minimum Gasteiger partial charge on any atom is -0.493 e. The van der Waals surface area contributed by atoms with Crippen molar-refractivity contribution in [3.8, 4) is 11.5 Å². The second-order valence-electron chi connectivity index (χ2n) is 6.98. The average molecular weight is 527 g/mol. The third-order valence-electron chi connectivity index (χ3n) is 4.92. The maximum Gasteiger partial charge on any atom is 0.264 e. The number of hydrogen-bond donors (Lipinski definition) is 1. The number of anilines is 1. The largest absolute Gasteiger partial charge is 0.493 e. The van der Waals surface area contributed by atoms with Gasteiger partial charge in [0.25, 0.3) is 10.0 Å². The van der Waals surface area contributed by atoms with Crippen LogP contribution in [0.3, 0.4) is 0 Å². The lowest BCUT2D eigenvalue weighted by Gasteiger charge is -2.12. The molecule has 2 heterocycles. The van der Waals surface area contributed by atoms with Gasteiger partial charge in [0.05, 0.1) is 29.8 Å². The van der Waals surface area contributed by atoms with Crippen molar-refractivity contribution in [3.63, 3.8) is 0 Å². The Morgan fingerprint density at radius 1 is 1.06 bits per heavy atom. The molecule has 0 fully saturated rings. The van der Waals surface area contributed by atoms with E-state index in [-0.39, 0.29) is 19.3 Å². The van der Waals surface area contributed by atoms with Crippen molar-refractivity contribution in [2.45, 2.75) is 11.3 Å². The summed E-state index contributed by atoms with van der Waals surface area (Å²) in [5, 5.41) is 0.837. The number of halogens is 3. The second-order valence-corrected chi connectivity index (χ2v) is 10.9. The number of thiophene rings is 1. The summed E-state index contributed by atoms with van der Waals surface area (Å²) in [5.74, 6) is 0.401. The molecule has 0 atom stereocenters. The molecule has 0 aliphatic rings. The lowest BCUT2D eigenvalue weighted by atomic mass is 10.0. The molecule has 6 nitrogen and oxygen atoms in total. The van der Waals surface area contributed by atoms with Crippen LogP contribution in [0.15, 0.2) is 53.6 Å². The van der Waals surface area contributed by atoms with Crippen LogP contribution >= 0.6 is 34.5 Å². The van der Waals surface area contributed by atoms with Crippen LogP contribution in [0.5, 0.6) is 11.5 Å². The van der Waals surface area contributed by atoms with E-state index in [1.165, 1.54) is 18.2 Å². The number of hydrogen-bond acceptors (Lipinski definition) is 6. The van der Waals surface area contributed by atoms with Crippen LogP contribution < -0.4 is 14.2 Å². The predicted octanol–water partition coefficient (Wildman–Crippen LogP) is 6.15. The molecule has 4 rings (SSSR count). The lowest BCUT2D eigenvalue weighted by molar-refractivity contribution is 0.356. The number of rotatable bonds is 7. The monoisotopic (exact) mass is 526 g/mol. The Bertz CT molecular complexity index is 1460. The molecule has 0 spiro atoms. The first-order valence-corrected chi connectivity index (χ1v) is 12.5. The van der Waals surface area contributed by atoms with Gasteiger partial charge in [-0.05, 0) is 47.9 Å². The maximum absolute atomic E-state index is 14.8. The Morgan fingerprint density at radius 3 is 2.42 bits per heavy atom. The van der Waals surface area contributed by atoms with Crippen molar-refractivity contribution < 1.29 is 22.3 Å². The fourth-order valence-corrected chi connectivity index (χ4v) is 6.58. The Morgan fingerprint density at radius 2 is 1.79 bits per heavy atom. The Balaban J connectivity index is 1.63. The van der Waals surface area contributed by atoms with E-state index in [4.69, 9.17) is 32.7 Å². The quantitative estimate of drug-likeness (QED) is 0.312. The summed E-state index contributed by atoms with van der Waals surface area (Å²) < 4.78 is 53.1. The minimum absolute atomic E-state index is 0.00107. The van der Waals surface area contributed by atoms with Crippen molar-refractivity contribution in [1.82, 2.24) is 4.98 Å². The number of nitrogens with one attached hydrogen (secondary N) is 1. The van der Waals surface area contributed by atoms with Gasteiger partial charge in [-0.25, -0.2) is 12.8 Å². The molecule has 1 N–H and O–H groups in total. The minimum atomic E-state index is -4.09. The maximum atomic E-state index is 14.8. The number of nitrogens with zero attached hydrogens (tertiary/aromatic N) is 1. The van der Waals surface area contributed by atoms with Crippen LogP contribution in [0, 0.1) is 5.82 Å². The highest BCUT2D eigenvalue weighted by atomic mass is 35.5. The van der Waals surface area contributed by atoms with E-state index in [1.807, 2.05) is 12.1 Å². The van der Waals surface area contributed by atoms with Crippen LogP contribution in [-0.4, -0.2) is 27.6 Å². The molecule has 0 amide bonds. The molecule has 2 aromatic carbocycles. The van der Waals surface area contributed by atoms with Gasteiger partial charge in [0, 0.05) is 17.6 Å². The van der Waals surface area contributed by atoms with E-state index < -0.39 is 15.8 Å². The zero-order chi connectivity index (χ0) is 23.8. The second kappa shape index (κ2) is 9.34. The number of aromatic nitrogens is 1. The van der Waals surface area contributed by atoms with Gasteiger partial charge in [-0.1, -0.05) is 29.3 Å². The van der Waals surface area contributed by atoms with E-state index in [2.05, 4.69) is 9.71 Å². The highest BCUT2D eigenvalue weighted by Gasteiger charge is 2.22. The van der Waals surface area contributed by atoms with Crippen LogP contribution in [0.4, 0.5) is 10.1 Å². The third-order valence-corrected chi connectivity index (χ3v) is 8.04. The molecule has 0 aliphatic carbocycles. The molecule has 0 radical (unpaired) electrons. The van der Waals surface area contributed by atoms with Gasteiger partial charge < -0.3 is 9.47 Å². The van der Waals surface area contributed by atoms with Gasteiger partial charge in [0.15, 0.2) is 11.5 Å². The highest BCUT2D eigenvalue weighted by molar-refractivity contribution is 7.93. The summed E-state index contributed by atoms with van der Waals surface area (Å²) in [6.45, 7) is 0. The van der Waals surface area contributed by atoms with Gasteiger partial charge in [-0.3, -0.25) is 9.71 Å². The molecule has 33 heavy (non-hydrogen) atoms. The molecule has 0 bridgehead atoms. The van der Waals surface area contributed by atoms with E-state index in [9.17, 15) is 12.8 Å². The van der Waals surface area contributed by atoms with Gasteiger partial charge in [0.2, 0.25) is 0 Å². The Hall–Kier alpha value is -2.59. The average Bonchev–Trinajstić information content (AvgIpc) is 3.13. The molecule has 2 aromatic heterocycles. The fourth-order valence-electron chi connectivity index (χ4n) is 3.36. The number of ether oxygens (including phenoxy) is 2. The number of sulfonamides is 1. The normalized spacial score (nSPS) is 11.5. The molecule has 0 saturated heterocycles. The molecule has 0 aliphatic heterocycles. The van der Waals surface area contributed by atoms with Crippen molar-refractivity contribution in [1.29, 1.82) is 0 Å². The molecule has 4 aromatic rings. The summed E-state index contributed by atoms with van der Waals surface area (Å²) in [6, 6.07) is 11.0. The lowest BCUT2D eigenvalue weighted by Crippen LogP contribution is -2.13. The molecular weight excluding hydrogens is 510 g/mol. The van der Waals surface area contributed by atoms with Gasteiger partial charge in [-0.2, -0.15) is 0 Å². The van der Waals surface area contributed by atoms with Crippen molar-refractivity contribution in [2.24, 2.45) is 0 Å². The van der Waals surface area contributed by atoms with E-state index in [0.29, 0.717) is 29.0 Å². The van der Waals surface area contributed by atoms with Crippen molar-refractivity contribution in [3.05, 3.63) is 74.3 Å². The van der Waals surface area contributed by atoms with E-state index >= 15 is 0 Å². The standard InChI is InChI=1S/C22H17Cl2FN2O4S2/c1-30-18-9-14-13(5-6-26-17(14)10-19(18)31-2)7-12-3-4-16(15(25)8-12)27-33(28,29)20-11-21(23)32-22(20)24/h3-6,8-11,27H,7H2,1-2H3. The number of methoxy groups -OCH3 is 2. The Labute approximate surface area is 203 Å². The molecule has 11 heteroatoms. The SMILES string of the molecule is COc1cc2nccc(Cc3ccc(NS(=O)(=O)c4cc(Cl)sc4Cl)c(F)c3)c2cc1OC. The zero-order valence-electron chi connectivity index (χ0n) is 17.4. The van der Waals surface area contributed by atoms with Crippen molar-refractivity contribution >= 4 is 61.2 Å². The fraction of sp³-hybridized carbons (Fsp3) is 0.136. The van der Waals surface area contributed by atoms with Crippen LogP contribution in [0.2, 0.25) is 8.67 Å². The predicted molar refractivity (Wildman–Crippen MR) is 129 cm³/mol. The first-order valence-electron chi connectivity index (χ1n) is 9.47. The van der Waals surface area contributed by atoms with E-state index in [1.54, 1.807) is 32.5 Å². The first-order chi connectivity index (χ1) is 15.7. The molecule has 0 unspecified atom stereocenters. The van der Waals surface area contributed by atoms with Crippen LogP contribution in [-0.2, 0) is 16.4 Å². The third kappa shape index (κ3) is 4.86. The van der Waals surface area contributed by atoms with Gasteiger partial charge in [-0.15, -0.1) is 11.3 Å². The summed E-state index contributed by atoms with van der Waals surface area (Å²) in [4.78, 5) is 4.17. The topological polar surface area (TPSA) is 77.5 Å². The number of fused-ring (bicyclic) bond motifs is 1. The molecule has 0 saturated carbocycles.